The average Bonchev–Trinajstić information content (AvgIpc) is 2.55. The lowest BCUT2D eigenvalue weighted by atomic mass is 10.1. The summed E-state index contributed by atoms with van der Waals surface area (Å²) in [6.07, 6.45) is 0. The van der Waals surface area contributed by atoms with E-state index in [1.165, 1.54) is 0 Å². The number of amidine groups is 1. The van der Waals surface area contributed by atoms with Gasteiger partial charge in [-0.05, 0) is 5.56 Å². The molecule has 1 atom stereocenters. The van der Waals surface area contributed by atoms with Crippen LogP contribution >= 0.6 is 0 Å². The second-order valence-corrected chi connectivity index (χ2v) is 3.20. The number of nitrogens with two attached hydrogens (primary N) is 1. The van der Waals surface area contributed by atoms with Crippen molar-refractivity contribution >= 4 is 5.84 Å². The number of rotatable bonds is 1. The predicted octanol–water partition coefficient (Wildman–Crippen LogP) is 1.43. The fourth-order valence-corrected chi connectivity index (χ4v) is 1.51. The summed E-state index contributed by atoms with van der Waals surface area (Å²) in [5.74, 6) is 0.0325. The molecule has 1 aliphatic heterocycles. The second-order valence-electron chi connectivity index (χ2n) is 3.20. The molecule has 1 aromatic carbocycles. The van der Waals surface area contributed by atoms with Gasteiger partial charge in [-0.3, -0.25) is 4.99 Å². The molecule has 1 heterocycles. The highest BCUT2D eigenvalue weighted by Gasteiger charge is 2.27. The molecule has 0 amide bonds. The molecule has 3 N–H and O–H groups in total. The number of nitrogens with zero attached hydrogens (tertiary/aromatic N) is 2. The molecule has 1 aliphatic rings. The molecule has 0 saturated heterocycles. The Labute approximate surface area is 87.0 Å². The van der Waals surface area contributed by atoms with Crippen LogP contribution in [0.3, 0.4) is 0 Å². The average molecular weight is 199 g/mol. The number of benzene rings is 1. The molecule has 0 fully saturated rings. The molecular formula is C11H9N3O. The zero-order valence-electron chi connectivity index (χ0n) is 7.88. The van der Waals surface area contributed by atoms with Gasteiger partial charge in [-0.2, -0.15) is 5.26 Å². The summed E-state index contributed by atoms with van der Waals surface area (Å²) in [6.45, 7) is 0. The number of aliphatic hydroxyl groups is 1. The normalized spacial score (nSPS) is 19.9. The number of hydrogen-bond acceptors (Lipinski definition) is 4. The van der Waals surface area contributed by atoms with Crippen molar-refractivity contribution in [1.29, 1.82) is 5.26 Å². The minimum Gasteiger partial charge on any atom is -0.508 e. The van der Waals surface area contributed by atoms with Crippen LogP contribution in [0, 0.1) is 11.3 Å². The van der Waals surface area contributed by atoms with Gasteiger partial charge < -0.3 is 10.8 Å². The molecule has 0 radical (unpaired) electrons. The maximum atomic E-state index is 9.74. The summed E-state index contributed by atoms with van der Waals surface area (Å²) in [5.41, 5.74) is 6.41. The smallest absolute Gasteiger partial charge is 0.143 e. The van der Waals surface area contributed by atoms with Crippen molar-refractivity contribution < 1.29 is 5.11 Å². The molecular weight excluding hydrogens is 190 g/mol. The largest absolute Gasteiger partial charge is 0.508 e. The van der Waals surface area contributed by atoms with Gasteiger partial charge >= 0.3 is 0 Å². The quantitative estimate of drug-likeness (QED) is 0.717. The highest BCUT2D eigenvalue weighted by Crippen LogP contribution is 2.31. The SMILES string of the molecule is N#CC1=C(O)[C@@H](c2ccccc2)N=C1N. The number of nitriles is 1. The Hall–Kier alpha value is -2.28. The van der Waals surface area contributed by atoms with E-state index in [-0.39, 0.29) is 17.2 Å². The lowest BCUT2D eigenvalue weighted by molar-refractivity contribution is 0.374. The lowest BCUT2D eigenvalue weighted by Gasteiger charge is -2.06. The lowest BCUT2D eigenvalue weighted by Crippen LogP contribution is -2.10. The molecule has 0 saturated carbocycles. The van der Waals surface area contributed by atoms with Crippen LogP contribution in [0.15, 0.2) is 46.7 Å². The van der Waals surface area contributed by atoms with Gasteiger partial charge in [-0.1, -0.05) is 30.3 Å². The van der Waals surface area contributed by atoms with E-state index in [2.05, 4.69) is 4.99 Å². The first-order chi connectivity index (χ1) is 7.24. The Bertz CT molecular complexity index is 482. The van der Waals surface area contributed by atoms with E-state index < -0.39 is 6.04 Å². The summed E-state index contributed by atoms with van der Waals surface area (Å²) in [5, 5.41) is 18.5. The number of hydrogen-bond donors (Lipinski definition) is 2. The van der Waals surface area contributed by atoms with Gasteiger partial charge in [-0.15, -0.1) is 0 Å². The van der Waals surface area contributed by atoms with Gasteiger partial charge in [-0.25, -0.2) is 0 Å². The minimum atomic E-state index is -0.527. The van der Waals surface area contributed by atoms with Gasteiger partial charge in [0.1, 0.15) is 29.3 Å². The molecule has 0 aromatic heterocycles. The molecule has 0 bridgehead atoms. The maximum Gasteiger partial charge on any atom is 0.143 e. The summed E-state index contributed by atoms with van der Waals surface area (Å²) in [7, 11) is 0. The third-order valence-electron chi connectivity index (χ3n) is 2.27. The van der Waals surface area contributed by atoms with E-state index in [1.807, 2.05) is 36.4 Å². The third kappa shape index (κ3) is 1.44. The van der Waals surface area contributed by atoms with Crippen molar-refractivity contribution in [2.75, 3.05) is 0 Å². The summed E-state index contributed by atoms with van der Waals surface area (Å²) >= 11 is 0. The topological polar surface area (TPSA) is 82.4 Å². The van der Waals surface area contributed by atoms with Crippen LogP contribution in [-0.2, 0) is 0 Å². The second kappa shape index (κ2) is 3.46. The standard InChI is InChI=1S/C11H9N3O/c12-6-8-10(15)9(14-11(8)13)7-4-2-1-3-5-7/h1-5,9,15H,(H2,13,14)/t9-/m1/s1. The first-order valence-corrected chi connectivity index (χ1v) is 4.46. The van der Waals surface area contributed by atoms with Gasteiger partial charge in [0, 0.05) is 0 Å². The van der Waals surface area contributed by atoms with E-state index in [0.29, 0.717) is 0 Å². The zero-order valence-corrected chi connectivity index (χ0v) is 7.88. The van der Waals surface area contributed by atoms with Crippen LogP contribution in [0.4, 0.5) is 0 Å². The number of aliphatic hydroxyl groups excluding tert-OH is 1. The van der Waals surface area contributed by atoms with Crippen molar-refractivity contribution in [3.63, 3.8) is 0 Å². The van der Waals surface area contributed by atoms with Crippen LogP contribution in [0.25, 0.3) is 0 Å². The van der Waals surface area contributed by atoms with Crippen molar-refractivity contribution in [3.05, 3.63) is 47.2 Å². The maximum absolute atomic E-state index is 9.74. The molecule has 74 valence electrons. The molecule has 4 heteroatoms. The summed E-state index contributed by atoms with van der Waals surface area (Å²) in [6, 6.07) is 10.5. The molecule has 2 rings (SSSR count). The van der Waals surface area contributed by atoms with Crippen LogP contribution < -0.4 is 5.73 Å². The van der Waals surface area contributed by atoms with E-state index in [0.717, 1.165) is 5.56 Å². The highest BCUT2D eigenvalue weighted by molar-refractivity contribution is 6.03. The van der Waals surface area contributed by atoms with Crippen LogP contribution in [0.5, 0.6) is 0 Å². The van der Waals surface area contributed by atoms with E-state index in [4.69, 9.17) is 11.0 Å². The molecule has 0 aliphatic carbocycles. The monoisotopic (exact) mass is 199 g/mol. The first kappa shape index (κ1) is 9.28. The predicted molar refractivity (Wildman–Crippen MR) is 56.1 cm³/mol. The number of aliphatic imine (C=N–C) groups is 1. The van der Waals surface area contributed by atoms with Gasteiger partial charge in [0.25, 0.3) is 0 Å². The Morgan fingerprint density at radius 2 is 2.00 bits per heavy atom. The van der Waals surface area contributed by atoms with Crippen LogP contribution in [0.2, 0.25) is 0 Å². The Balaban J connectivity index is 2.45. The van der Waals surface area contributed by atoms with Crippen molar-refractivity contribution in [2.45, 2.75) is 6.04 Å². The van der Waals surface area contributed by atoms with E-state index in [9.17, 15) is 5.11 Å². The Morgan fingerprint density at radius 3 is 2.53 bits per heavy atom. The Morgan fingerprint density at radius 1 is 1.33 bits per heavy atom. The first-order valence-electron chi connectivity index (χ1n) is 4.46. The molecule has 15 heavy (non-hydrogen) atoms. The van der Waals surface area contributed by atoms with Crippen LogP contribution in [-0.4, -0.2) is 10.9 Å². The zero-order chi connectivity index (χ0) is 10.8. The molecule has 1 aromatic rings. The fraction of sp³-hybridized carbons (Fsp3) is 0.0909. The van der Waals surface area contributed by atoms with E-state index in [1.54, 1.807) is 0 Å². The summed E-state index contributed by atoms with van der Waals surface area (Å²) < 4.78 is 0. The van der Waals surface area contributed by atoms with E-state index >= 15 is 0 Å². The van der Waals surface area contributed by atoms with Gasteiger partial charge in [0.05, 0.1) is 0 Å². The molecule has 0 unspecified atom stereocenters. The fourth-order valence-electron chi connectivity index (χ4n) is 1.51. The van der Waals surface area contributed by atoms with Crippen molar-refractivity contribution in [2.24, 2.45) is 10.7 Å². The Kier molecular flexibility index (Phi) is 2.14. The van der Waals surface area contributed by atoms with Crippen LogP contribution in [0.1, 0.15) is 11.6 Å². The minimum absolute atomic E-state index is 0.0683. The molecule has 4 nitrogen and oxygen atoms in total. The van der Waals surface area contributed by atoms with Crippen molar-refractivity contribution in [3.8, 4) is 6.07 Å². The summed E-state index contributed by atoms with van der Waals surface area (Å²) in [4.78, 5) is 4.04. The van der Waals surface area contributed by atoms with Gasteiger partial charge in [0.2, 0.25) is 0 Å². The van der Waals surface area contributed by atoms with Gasteiger partial charge in [0.15, 0.2) is 0 Å². The highest BCUT2D eigenvalue weighted by atomic mass is 16.3. The van der Waals surface area contributed by atoms with Crippen molar-refractivity contribution in [1.82, 2.24) is 0 Å². The third-order valence-corrected chi connectivity index (χ3v) is 2.27. The molecule has 0 spiro atoms.